The number of nitrogens with zero attached hydrogens (tertiary/aromatic N) is 1. The van der Waals surface area contributed by atoms with Crippen LogP contribution in [0.5, 0.6) is 0 Å². The molecule has 1 aliphatic heterocycles. The largest absolute Gasteiger partial charge is 0.340 e. The zero-order valence-electron chi connectivity index (χ0n) is 18.8. The van der Waals surface area contributed by atoms with Gasteiger partial charge in [0.2, 0.25) is 0 Å². The number of hydrogen-bond acceptors (Lipinski definition) is 3. The van der Waals surface area contributed by atoms with Gasteiger partial charge < -0.3 is 5.32 Å². The molecule has 4 rings (SSSR count). The number of aliphatic imine (C=N–C) groups is 1. The molecule has 4 heteroatoms. The van der Waals surface area contributed by atoms with Crippen molar-refractivity contribution in [2.75, 3.05) is 5.32 Å². The quantitative estimate of drug-likeness (QED) is 0.281. The number of benzene rings is 2. The van der Waals surface area contributed by atoms with E-state index in [0.29, 0.717) is 22.3 Å². The van der Waals surface area contributed by atoms with Crippen molar-refractivity contribution in [3.05, 3.63) is 107 Å². The molecule has 3 nitrogen and oxygen atoms in total. The van der Waals surface area contributed by atoms with Crippen molar-refractivity contribution >= 4 is 34.6 Å². The summed E-state index contributed by atoms with van der Waals surface area (Å²) in [5.74, 6) is 1.03. The Labute approximate surface area is 201 Å². The highest BCUT2D eigenvalue weighted by Crippen LogP contribution is 2.30. The molecule has 1 fully saturated rings. The number of rotatable bonds is 5. The van der Waals surface area contributed by atoms with E-state index in [9.17, 15) is 4.79 Å². The second-order valence-electron chi connectivity index (χ2n) is 8.65. The highest BCUT2D eigenvalue weighted by molar-refractivity contribution is 6.30. The van der Waals surface area contributed by atoms with Gasteiger partial charge in [-0.05, 0) is 66.8 Å². The Hall–Kier alpha value is -3.17. The maximum Gasteiger partial charge on any atom is 0.188 e. The van der Waals surface area contributed by atoms with E-state index in [2.05, 4.69) is 18.5 Å². The lowest BCUT2D eigenvalue weighted by Crippen LogP contribution is -2.14. The van der Waals surface area contributed by atoms with Gasteiger partial charge in [-0.25, -0.2) is 4.99 Å². The summed E-state index contributed by atoms with van der Waals surface area (Å²) in [5.41, 5.74) is 4.83. The van der Waals surface area contributed by atoms with Gasteiger partial charge in [0.25, 0.3) is 0 Å². The molecule has 0 aromatic heterocycles. The third kappa shape index (κ3) is 5.80. The van der Waals surface area contributed by atoms with Gasteiger partial charge in [-0.3, -0.25) is 4.79 Å². The van der Waals surface area contributed by atoms with Gasteiger partial charge in [0.15, 0.2) is 5.78 Å². The number of amidine groups is 1. The molecule has 1 heterocycles. The van der Waals surface area contributed by atoms with Crippen molar-refractivity contribution in [3.8, 4) is 0 Å². The highest BCUT2D eigenvalue weighted by atomic mass is 35.5. The molecule has 1 N–H and O–H groups in total. The first-order chi connectivity index (χ1) is 16.0. The average Bonchev–Trinajstić information content (AvgIpc) is 3.21. The molecular weight excluding hydrogens is 428 g/mol. The van der Waals surface area contributed by atoms with E-state index in [-0.39, 0.29) is 5.78 Å². The van der Waals surface area contributed by atoms with Gasteiger partial charge in [-0.1, -0.05) is 74.7 Å². The summed E-state index contributed by atoms with van der Waals surface area (Å²) < 4.78 is 0. The predicted octanol–water partition coefficient (Wildman–Crippen LogP) is 8.03. The van der Waals surface area contributed by atoms with Crippen LogP contribution >= 0.6 is 11.6 Å². The summed E-state index contributed by atoms with van der Waals surface area (Å²) in [7, 11) is 0. The fourth-order valence-corrected chi connectivity index (χ4v) is 4.42. The second kappa shape index (κ2) is 10.6. The first-order valence-corrected chi connectivity index (χ1v) is 11.9. The molecule has 0 atom stereocenters. The van der Waals surface area contributed by atoms with Gasteiger partial charge in [-0.15, -0.1) is 0 Å². The summed E-state index contributed by atoms with van der Waals surface area (Å²) in [6.45, 7) is 8.28. The van der Waals surface area contributed by atoms with Crippen LogP contribution < -0.4 is 5.32 Å². The third-order valence-electron chi connectivity index (χ3n) is 6.28. The number of anilines is 1. The Kier molecular flexibility index (Phi) is 7.41. The topological polar surface area (TPSA) is 41.5 Å². The van der Waals surface area contributed by atoms with Crippen molar-refractivity contribution in [2.45, 2.75) is 38.5 Å². The van der Waals surface area contributed by atoms with Crippen LogP contribution in [0, 0.1) is 5.92 Å². The molecule has 0 saturated heterocycles. The van der Waals surface area contributed by atoms with Crippen molar-refractivity contribution < 1.29 is 4.79 Å². The summed E-state index contributed by atoms with van der Waals surface area (Å²) in [6.07, 6.45) is 12.8. The van der Waals surface area contributed by atoms with Crippen LogP contribution in [0.2, 0.25) is 5.02 Å². The van der Waals surface area contributed by atoms with E-state index < -0.39 is 0 Å². The van der Waals surface area contributed by atoms with Gasteiger partial charge in [-0.2, -0.15) is 0 Å². The van der Waals surface area contributed by atoms with Crippen molar-refractivity contribution in [1.29, 1.82) is 0 Å². The van der Waals surface area contributed by atoms with Crippen molar-refractivity contribution in [3.63, 3.8) is 0 Å². The van der Waals surface area contributed by atoms with Crippen LogP contribution in [0.15, 0.2) is 96.1 Å². The molecule has 1 aliphatic carbocycles. The summed E-state index contributed by atoms with van der Waals surface area (Å²) >= 11 is 6.02. The Morgan fingerprint density at radius 1 is 0.970 bits per heavy atom. The first kappa shape index (κ1) is 23.0. The van der Waals surface area contributed by atoms with E-state index in [1.807, 2.05) is 66.8 Å². The lowest BCUT2D eigenvalue weighted by molar-refractivity contribution is 0.102. The molecule has 0 unspecified atom stereocenters. The average molecular weight is 457 g/mol. The SMILES string of the molecule is C=C1C=CC=C(c2ccc(Cl)cc2)N=C1Nc1ccc(C(=O)C(=C)C2CCCCCC2)cc1. The van der Waals surface area contributed by atoms with Crippen LogP contribution in [-0.4, -0.2) is 11.6 Å². The van der Waals surface area contributed by atoms with Crippen LogP contribution in [0.3, 0.4) is 0 Å². The smallest absolute Gasteiger partial charge is 0.188 e. The molecule has 2 aromatic carbocycles. The van der Waals surface area contributed by atoms with Crippen molar-refractivity contribution in [1.82, 2.24) is 0 Å². The van der Waals surface area contributed by atoms with Gasteiger partial charge in [0, 0.05) is 27.4 Å². The number of carbonyl (C=O) groups is 1. The second-order valence-corrected chi connectivity index (χ2v) is 9.09. The summed E-state index contributed by atoms with van der Waals surface area (Å²) in [6, 6.07) is 15.1. The molecule has 2 aliphatic rings. The Balaban J connectivity index is 1.48. The molecule has 0 bridgehead atoms. The first-order valence-electron chi connectivity index (χ1n) is 11.5. The number of carbonyl (C=O) groups excluding carboxylic acids is 1. The predicted molar refractivity (Wildman–Crippen MR) is 140 cm³/mol. The normalized spacial score (nSPS) is 16.9. The maximum absolute atomic E-state index is 13.0. The van der Waals surface area contributed by atoms with E-state index >= 15 is 0 Å². The molecule has 33 heavy (non-hydrogen) atoms. The van der Waals surface area contributed by atoms with E-state index in [1.165, 1.54) is 25.7 Å². The number of Topliss-reactive ketones (excluding diaryl/α,β-unsaturated/α-hetero) is 1. The molecular formula is C29H29ClN2O. The zero-order chi connectivity index (χ0) is 23.2. The standard InChI is InChI=1S/C29H29ClN2O/c1-20-8-7-11-27(23-12-16-25(30)17-13-23)32-29(20)31-26-18-14-24(15-19-26)28(33)21(2)22-9-5-3-4-6-10-22/h7-8,11-19,22H,1-6,9-10H2,(H,31,32). The molecule has 1 saturated carbocycles. The molecule has 0 spiro atoms. The Morgan fingerprint density at radius 3 is 2.30 bits per heavy atom. The number of allylic oxidation sites excluding steroid dienone is 3. The third-order valence-corrected chi connectivity index (χ3v) is 6.53. The van der Waals surface area contributed by atoms with Crippen molar-refractivity contribution in [2.24, 2.45) is 10.9 Å². The fraction of sp³-hybridized carbons (Fsp3) is 0.241. The van der Waals surface area contributed by atoms with E-state index in [0.717, 1.165) is 40.9 Å². The molecule has 2 aromatic rings. The maximum atomic E-state index is 13.0. The minimum Gasteiger partial charge on any atom is -0.340 e. The Morgan fingerprint density at radius 2 is 1.64 bits per heavy atom. The number of ketones is 1. The molecule has 0 amide bonds. The number of nitrogens with one attached hydrogen (secondary N) is 1. The monoisotopic (exact) mass is 456 g/mol. The van der Waals surface area contributed by atoms with Gasteiger partial charge in [0.1, 0.15) is 5.84 Å². The summed E-state index contributed by atoms with van der Waals surface area (Å²) in [5, 5.41) is 4.03. The Bertz CT molecular complexity index is 1130. The fourth-order valence-electron chi connectivity index (χ4n) is 4.29. The van der Waals surface area contributed by atoms with Crippen LogP contribution in [0.1, 0.15) is 54.4 Å². The van der Waals surface area contributed by atoms with Crippen LogP contribution in [-0.2, 0) is 0 Å². The van der Waals surface area contributed by atoms with Gasteiger partial charge in [0.05, 0.1) is 5.70 Å². The molecule has 0 radical (unpaired) electrons. The minimum absolute atomic E-state index is 0.0561. The summed E-state index contributed by atoms with van der Waals surface area (Å²) in [4.78, 5) is 17.8. The lowest BCUT2D eigenvalue weighted by Gasteiger charge is -2.16. The van der Waals surface area contributed by atoms with Crippen LogP contribution in [0.4, 0.5) is 5.69 Å². The number of hydrogen-bond donors (Lipinski definition) is 1. The lowest BCUT2D eigenvalue weighted by atomic mass is 9.87. The van der Waals surface area contributed by atoms with E-state index in [1.54, 1.807) is 0 Å². The van der Waals surface area contributed by atoms with Gasteiger partial charge >= 0.3 is 0 Å². The minimum atomic E-state index is 0.0561. The van der Waals surface area contributed by atoms with Crippen LogP contribution in [0.25, 0.3) is 5.70 Å². The molecule has 168 valence electrons. The highest BCUT2D eigenvalue weighted by Gasteiger charge is 2.21. The van der Waals surface area contributed by atoms with E-state index in [4.69, 9.17) is 16.6 Å². The zero-order valence-corrected chi connectivity index (χ0v) is 19.6. The number of halogens is 1.